The number of carbonyl (C=O) groups excluding carboxylic acids is 1. The number of anilines is 1. The highest BCUT2D eigenvalue weighted by Crippen LogP contribution is 2.17. The number of halogens is 1. The van der Waals surface area contributed by atoms with Gasteiger partial charge >= 0.3 is 0 Å². The van der Waals surface area contributed by atoms with E-state index >= 15 is 0 Å². The summed E-state index contributed by atoms with van der Waals surface area (Å²) in [4.78, 5) is 16.0. The molecule has 4 N–H and O–H groups in total. The number of rotatable bonds is 5. The Hall–Kier alpha value is -1.18. The van der Waals surface area contributed by atoms with Crippen LogP contribution in [0, 0.1) is 0 Å². The summed E-state index contributed by atoms with van der Waals surface area (Å²) in [5.74, 6) is 5.38. The molecule has 0 saturated carbocycles. The minimum absolute atomic E-state index is 0.262. The Morgan fingerprint density at radius 1 is 1.61 bits per heavy atom. The van der Waals surface area contributed by atoms with Gasteiger partial charge in [-0.25, -0.2) is 10.8 Å². The Morgan fingerprint density at radius 3 is 2.83 bits per heavy atom. The Kier molecular flexibility index (Phi) is 5.06. The molecule has 1 rings (SSSR count). The number of carbonyl (C=O) groups is 1. The van der Waals surface area contributed by atoms with Gasteiger partial charge in [-0.15, -0.1) is 0 Å². The van der Waals surface area contributed by atoms with Crippen LogP contribution in [0.1, 0.15) is 24.2 Å². The zero-order valence-corrected chi connectivity index (χ0v) is 12.2. The summed E-state index contributed by atoms with van der Waals surface area (Å²) in [6.07, 6.45) is 1.56. The lowest BCUT2D eigenvalue weighted by Crippen LogP contribution is -2.40. The highest BCUT2D eigenvalue weighted by Gasteiger charge is 2.19. The molecule has 1 aromatic heterocycles. The van der Waals surface area contributed by atoms with Crippen LogP contribution in [0.4, 0.5) is 5.82 Å². The first-order valence-electron chi connectivity index (χ1n) is 5.35. The van der Waals surface area contributed by atoms with E-state index in [1.54, 1.807) is 19.4 Å². The molecule has 0 aliphatic carbocycles. The normalized spacial score (nSPS) is 11.2. The van der Waals surface area contributed by atoms with Crippen molar-refractivity contribution in [3.63, 3.8) is 0 Å². The molecule has 0 aliphatic rings. The molecule has 0 radical (unpaired) electrons. The minimum Gasteiger partial charge on any atom is -0.377 e. The van der Waals surface area contributed by atoms with Crippen molar-refractivity contribution in [3.05, 3.63) is 22.3 Å². The van der Waals surface area contributed by atoms with Crippen LogP contribution < -0.4 is 16.6 Å². The largest absolute Gasteiger partial charge is 0.377 e. The lowest BCUT2D eigenvalue weighted by molar-refractivity contribution is 0.0229. The highest BCUT2D eigenvalue weighted by molar-refractivity contribution is 9.10. The number of nitrogens with two attached hydrogens (primary N) is 1. The van der Waals surface area contributed by atoms with Crippen molar-refractivity contribution >= 4 is 27.7 Å². The monoisotopic (exact) mass is 316 g/mol. The number of hydrogen-bond acceptors (Lipinski definition) is 5. The molecule has 100 valence electrons. The van der Waals surface area contributed by atoms with Crippen LogP contribution in [-0.2, 0) is 4.74 Å². The van der Waals surface area contributed by atoms with Gasteiger partial charge < -0.3 is 15.5 Å². The van der Waals surface area contributed by atoms with Gasteiger partial charge in [0.15, 0.2) is 5.82 Å². The van der Waals surface area contributed by atoms with Gasteiger partial charge in [-0.05, 0) is 35.8 Å². The Morgan fingerprint density at radius 2 is 2.28 bits per heavy atom. The topological polar surface area (TPSA) is 89.3 Å². The number of nitrogens with zero attached hydrogens (tertiary/aromatic N) is 1. The molecular formula is C11H17BrN4O2. The van der Waals surface area contributed by atoms with Crippen molar-refractivity contribution in [2.75, 3.05) is 19.1 Å². The maximum atomic E-state index is 12.0. The van der Waals surface area contributed by atoms with Crippen molar-refractivity contribution in [1.82, 2.24) is 10.3 Å². The quantitative estimate of drug-likeness (QED) is 0.562. The summed E-state index contributed by atoms with van der Waals surface area (Å²) in [6, 6.07) is 1.65. The third-order valence-electron chi connectivity index (χ3n) is 2.46. The predicted molar refractivity (Wildman–Crippen MR) is 73.2 cm³/mol. The van der Waals surface area contributed by atoms with Gasteiger partial charge in [0.05, 0.1) is 11.2 Å². The number of pyridine rings is 1. The number of aromatic nitrogens is 1. The number of hydrogen-bond donors (Lipinski definition) is 3. The van der Waals surface area contributed by atoms with Crippen LogP contribution in [0.25, 0.3) is 0 Å². The highest BCUT2D eigenvalue weighted by atomic mass is 79.9. The third-order valence-corrected chi connectivity index (χ3v) is 2.90. The Balaban J connectivity index is 2.81. The number of nitrogen functional groups attached to an aromatic ring is 1. The van der Waals surface area contributed by atoms with E-state index in [1.165, 1.54) is 0 Å². The summed E-state index contributed by atoms with van der Waals surface area (Å²) in [5.41, 5.74) is 2.34. The van der Waals surface area contributed by atoms with Gasteiger partial charge in [-0.1, -0.05) is 0 Å². The van der Waals surface area contributed by atoms with Crippen molar-refractivity contribution in [2.45, 2.75) is 19.4 Å². The fraction of sp³-hybridized carbons (Fsp3) is 0.455. The van der Waals surface area contributed by atoms with E-state index in [2.05, 4.69) is 31.7 Å². The van der Waals surface area contributed by atoms with E-state index in [0.717, 1.165) is 0 Å². The molecule has 6 nitrogen and oxygen atoms in total. The fourth-order valence-electron chi connectivity index (χ4n) is 1.19. The first-order valence-corrected chi connectivity index (χ1v) is 6.14. The van der Waals surface area contributed by atoms with Crippen molar-refractivity contribution < 1.29 is 9.53 Å². The lowest BCUT2D eigenvalue weighted by Gasteiger charge is -2.23. The van der Waals surface area contributed by atoms with Gasteiger partial charge in [0.25, 0.3) is 5.91 Å². The molecule has 0 spiro atoms. The Bertz CT molecular complexity index is 437. The van der Waals surface area contributed by atoms with E-state index in [0.29, 0.717) is 22.4 Å². The second-order valence-corrected chi connectivity index (χ2v) is 5.26. The van der Waals surface area contributed by atoms with Crippen LogP contribution in [0.3, 0.4) is 0 Å². The van der Waals surface area contributed by atoms with Crippen LogP contribution >= 0.6 is 15.9 Å². The Labute approximate surface area is 114 Å². The SMILES string of the molecule is COC(C)(C)CNC(=O)c1cc(Br)cnc1NN. The molecule has 0 unspecified atom stereocenters. The maximum absolute atomic E-state index is 12.0. The molecule has 0 aliphatic heterocycles. The smallest absolute Gasteiger partial charge is 0.255 e. The molecule has 0 atom stereocenters. The summed E-state index contributed by atoms with van der Waals surface area (Å²) >= 11 is 3.26. The maximum Gasteiger partial charge on any atom is 0.255 e. The zero-order valence-electron chi connectivity index (χ0n) is 10.6. The summed E-state index contributed by atoms with van der Waals surface area (Å²) in [6.45, 7) is 4.15. The summed E-state index contributed by atoms with van der Waals surface area (Å²) in [5, 5.41) is 2.77. The van der Waals surface area contributed by atoms with E-state index < -0.39 is 5.60 Å². The number of ether oxygens (including phenoxy) is 1. The van der Waals surface area contributed by atoms with Gasteiger partial charge in [-0.3, -0.25) is 4.79 Å². The molecule has 0 saturated heterocycles. The molecule has 7 heteroatoms. The van der Waals surface area contributed by atoms with Crippen LogP contribution in [-0.4, -0.2) is 30.1 Å². The second kappa shape index (κ2) is 6.12. The van der Waals surface area contributed by atoms with Crippen LogP contribution in [0.15, 0.2) is 16.7 Å². The first kappa shape index (κ1) is 14.9. The molecule has 0 aromatic carbocycles. The molecule has 0 bridgehead atoms. The summed E-state index contributed by atoms with van der Waals surface area (Å²) < 4.78 is 5.93. The second-order valence-electron chi connectivity index (χ2n) is 4.34. The van der Waals surface area contributed by atoms with Gasteiger partial charge in [0.1, 0.15) is 0 Å². The van der Waals surface area contributed by atoms with Crippen LogP contribution in [0.2, 0.25) is 0 Å². The van der Waals surface area contributed by atoms with Crippen molar-refractivity contribution in [1.29, 1.82) is 0 Å². The molecule has 1 aromatic rings. The predicted octanol–water partition coefficient (Wildman–Crippen LogP) is 1.28. The molecule has 1 heterocycles. The van der Waals surface area contributed by atoms with Crippen molar-refractivity contribution in [3.8, 4) is 0 Å². The van der Waals surface area contributed by atoms with E-state index in [-0.39, 0.29) is 5.91 Å². The lowest BCUT2D eigenvalue weighted by atomic mass is 10.1. The molecule has 1 amide bonds. The third kappa shape index (κ3) is 3.94. The average molecular weight is 317 g/mol. The van der Waals surface area contributed by atoms with Gasteiger partial charge in [-0.2, -0.15) is 0 Å². The number of methoxy groups -OCH3 is 1. The number of amides is 1. The van der Waals surface area contributed by atoms with Gasteiger partial charge in [0.2, 0.25) is 0 Å². The van der Waals surface area contributed by atoms with E-state index in [9.17, 15) is 4.79 Å². The molecule has 0 fully saturated rings. The zero-order chi connectivity index (χ0) is 13.8. The van der Waals surface area contributed by atoms with Crippen LogP contribution in [0.5, 0.6) is 0 Å². The molecule has 18 heavy (non-hydrogen) atoms. The average Bonchev–Trinajstić information content (AvgIpc) is 2.36. The number of nitrogens with one attached hydrogen (secondary N) is 2. The summed E-state index contributed by atoms with van der Waals surface area (Å²) in [7, 11) is 1.60. The molecular weight excluding hydrogens is 300 g/mol. The first-order chi connectivity index (χ1) is 8.39. The minimum atomic E-state index is -0.425. The van der Waals surface area contributed by atoms with Crippen molar-refractivity contribution in [2.24, 2.45) is 5.84 Å². The fourth-order valence-corrected chi connectivity index (χ4v) is 1.52. The number of hydrazine groups is 1. The van der Waals surface area contributed by atoms with E-state index in [1.807, 2.05) is 13.8 Å². The van der Waals surface area contributed by atoms with E-state index in [4.69, 9.17) is 10.6 Å². The standard InChI is InChI=1S/C11H17BrN4O2/c1-11(2,18-3)6-15-10(17)8-4-7(12)5-14-9(8)16-13/h4-5H,6,13H2,1-3H3,(H,14,16)(H,15,17). The van der Waals surface area contributed by atoms with Gasteiger partial charge in [0, 0.05) is 24.3 Å².